The molecule has 1 amide bonds. The molecule has 0 saturated carbocycles. The number of carbonyl (C=O) groups is 1. The molecule has 6 nitrogen and oxygen atoms in total. The van der Waals surface area contributed by atoms with Gasteiger partial charge in [0.05, 0.1) is 18.1 Å². The zero-order valence-corrected chi connectivity index (χ0v) is 18.1. The Hall–Kier alpha value is -3.02. The van der Waals surface area contributed by atoms with Crippen molar-refractivity contribution in [3.63, 3.8) is 0 Å². The standard InChI is InChI=1S/C24H31N3O3/c1-4-6-14-25-24(28)18-12-13-20-19(16-18)26-23(27(20)15-7-5-2)17-30-22-11-9-8-10-21(22)29-3/h8-13,16H,4-7,14-15,17H2,1-3H3,(H,25,28). The first-order valence-electron chi connectivity index (χ1n) is 10.7. The predicted octanol–water partition coefficient (Wildman–Crippen LogP) is 4.95. The third kappa shape index (κ3) is 5.12. The van der Waals surface area contributed by atoms with E-state index in [1.165, 1.54) is 0 Å². The van der Waals surface area contributed by atoms with Gasteiger partial charge in [-0.05, 0) is 43.2 Å². The number of nitrogens with zero attached hydrogens (tertiary/aromatic N) is 2. The predicted molar refractivity (Wildman–Crippen MR) is 119 cm³/mol. The van der Waals surface area contributed by atoms with E-state index in [-0.39, 0.29) is 5.91 Å². The normalized spacial score (nSPS) is 10.9. The van der Waals surface area contributed by atoms with Crippen LogP contribution in [0, 0.1) is 0 Å². The Labute approximate surface area is 178 Å². The fraction of sp³-hybridized carbons (Fsp3) is 0.417. The molecule has 0 fully saturated rings. The molecule has 0 aliphatic rings. The number of aryl methyl sites for hydroxylation is 1. The molecule has 0 bridgehead atoms. The number of ether oxygens (including phenoxy) is 2. The van der Waals surface area contributed by atoms with E-state index in [2.05, 4.69) is 23.7 Å². The third-order valence-electron chi connectivity index (χ3n) is 5.07. The quantitative estimate of drug-likeness (QED) is 0.455. The topological polar surface area (TPSA) is 65.4 Å². The molecule has 1 N–H and O–H groups in total. The van der Waals surface area contributed by atoms with Crippen LogP contribution < -0.4 is 14.8 Å². The van der Waals surface area contributed by atoms with Gasteiger partial charge >= 0.3 is 0 Å². The van der Waals surface area contributed by atoms with Gasteiger partial charge in [-0.3, -0.25) is 4.79 Å². The van der Waals surface area contributed by atoms with Crippen molar-refractivity contribution < 1.29 is 14.3 Å². The summed E-state index contributed by atoms with van der Waals surface area (Å²) in [5, 5.41) is 2.97. The number of amides is 1. The lowest BCUT2D eigenvalue weighted by molar-refractivity contribution is 0.0953. The SMILES string of the molecule is CCCCNC(=O)c1ccc2c(c1)nc(COc1ccccc1OC)n2CCCC. The van der Waals surface area contributed by atoms with Crippen molar-refractivity contribution in [3.05, 3.63) is 53.9 Å². The summed E-state index contributed by atoms with van der Waals surface area (Å²) in [6.45, 7) is 6.16. The Kier molecular flexibility index (Phi) is 7.71. The van der Waals surface area contributed by atoms with Gasteiger partial charge in [0.25, 0.3) is 5.91 Å². The average Bonchev–Trinajstić information content (AvgIpc) is 3.13. The molecule has 0 aliphatic carbocycles. The second-order valence-corrected chi connectivity index (χ2v) is 7.29. The maximum Gasteiger partial charge on any atom is 0.251 e. The van der Waals surface area contributed by atoms with Gasteiger partial charge in [-0.1, -0.05) is 38.8 Å². The highest BCUT2D eigenvalue weighted by atomic mass is 16.5. The molecule has 160 valence electrons. The Morgan fingerprint density at radius 1 is 1.07 bits per heavy atom. The van der Waals surface area contributed by atoms with Crippen LogP contribution in [-0.2, 0) is 13.2 Å². The number of unbranched alkanes of at least 4 members (excludes halogenated alkanes) is 2. The van der Waals surface area contributed by atoms with E-state index in [0.717, 1.165) is 49.1 Å². The van der Waals surface area contributed by atoms with E-state index < -0.39 is 0 Å². The molecule has 6 heteroatoms. The van der Waals surface area contributed by atoms with Crippen LogP contribution in [-0.4, -0.2) is 29.1 Å². The van der Waals surface area contributed by atoms with Gasteiger partial charge in [0.1, 0.15) is 12.4 Å². The molecule has 0 saturated heterocycles. The number of methoxy groups -OCH3 is 1. The Bertz CT molecular complexity index is 981. The molecule has 0 atom stereocenters. The second kappa shape index (κ2) is 10.7. The zero-order chi connectivity index (χ0) is 21.3. The first-order valence-corrected chi connectivity index (χ1v) is 10.7. The van der Waals surface area contributed by atoms with E-state index in [1.54, 1.807) is 7.11 Å². The summed E-state index contributed by atoms with van der Waals surface area (Å²) in [5.74, 6) is 2.16. The highest BCUT2D eigenvalue weighted by Crippen LogP contribution is 2.27. The number of benzene rings is 2. The number of carbonyl (C=O) groups excluding carboxylic acids is 1. The van der Waals surface area contributed by atoms with Crippen molar-refractivity contribution in [1.82, 2.24) is 14.9 Å². The number of aromatic nitrogens is 2. The molecule has 0 unspecified atom stereocenters. The highest BCUT2D eigenvalue weighted by Gasteiger charge is 2.15. The van der Waals surface area contributed by atoms with Crippen LogP contribution in [0.15, 0.2) is 42.5 Å². The summed E-state index contributed by atoms with van der Waals surface area (Å²) in [6.07, 6.45) is 4.16. The van der Waals surface area contributed by atoms with E-state index >= 15 is 0 Å². The molecular weight excluding hydrogens is 378 g/mol. The number of nitrogens with one attached hydrogen (secondary N) is 1. The lowest BCUT2D eigenvalue weighted by Gasteiger charge is -2.12. The molecular formula is C24H31N3O3. The lowest BCUT2D eigenvalue weighted by atomic mass is 10.2. The van der Waals surface area contributed by atoms with Crippen molar-refractivity contribution in [2.45, 2.75) is 52.7 Å². The fourth-order valence-corrected chi connectivity index (χ4v) is 3.36. The number of rotatable bonds is 11. The van der Waals surface area contributed by atoms with Gasteiger partial charge in [-0.25, -0.2) is 4.98 Å². The van der Waals surface area contributed by atoms with Crippen molar-refractivity contribution >= 4 is 16.9 Å². The van der Waals surface area contributed by atoms with Gasteiger partial charge in [0.2, 0.25) is 0 Å². The first kappa shape index (κ1) is 21.7. The van der Waals surface area contributed by atoms with E-state index in [4.69, 9.17) is 14.5 Å². The third-order valence-corrected chi connectivity index (χ3v) is 5.07. The summed E-state index contributed by atoms with van der Waals surface area (Å²) in [4.78, 5) is 17.2. The first-order chi connectivity index (χ1) is 14.7. The minimum Gasteiger partial charge on any atom is -0.493 e. The highest BCUT2D eigenvalue weighted by molar-refractivity contribution is 5.97. The molecule has 0 spiro atoms. The van der Waals surface area contributed by atoms with Crippen molar-refractivity contribution in [2.24, 2.45) is 0 Å². The molecule has 1 aromatic heterocycles. The Morgan fingerprint density at radius 3 is 2.57 bits per heavy atom. The van der Waals surface area contributed by atoms with Crippen LogP contribution in [0.2, 0.25) is 0 Å². The van der Waals surface area contributed by atoms with Crippen LogP contribution in [0.1, 0.15) is 55.7 Å². The number of fused-ring (bicyclic) bond motifs is 1. The summed E-state index contributed by atoms with van der Waals surface area (Å²) in [5.41, 5.74) is 2.47. The van der Waals surface area contributed by atoms with E-state index in [0.29, 0.717) is 30.2 Å². The van der Waals surface area contributed by atoms with Gasteiger partial charge in [0, 0.05) is 18.7 Å². The molecule has 2 aromatic carbocycles. The van der Waals surface area contributed by atoms with Crippen molar-refractivity contribution in [3.8, 4) is 11.5 Å². The fourth-order valence-electron chi connectivity index (χ4n) is 3.36. The minimum atomic E-state index is -0.0553. The lowest BCUT2D eigenvalue weighted by Crippen LogP contribution is -2.24. The summed E-state index contributed by atoms with van der Waals surface area (Å²) < 4.78 is 13.6. The molecule has 0 radical (unpaired) electrons. The maximum absolute atomic E-state index is 12.4. The van der Waals surface area contributed by atoms with Crippen molar-refractivity contribution in [2.75, 3.05) is 13.7 Å². The largest absolute Gasteiger partial charge is 0.493 e. The number of hydrogen-bond acceptors (Lipinski definition) is 4. The number of para-hydroxylation sites is 2. The van der Waals surface area contributed by atoms with Crippen molar-refractivity contribution in [1.29, 1.82) is 0 Å². The average molecular weight is 410 g/mol. The van der Waals surface area contributed by atoms with Gasteiger partial charge in [-0.15, -0.1) is 0 Å². The molecule has 0 aliphatic heterocycles. The molecule has 1 heterocycles. The molecule has 3 aromatic rings. The van der Waals surface area contributed by atoms with Crippen LogP contribution in [0.25, 0.3) is 11.0 Å². The summed E-state index contributed by atoms with van der Waals surface area (Å²) >= 11 is 0. The van der Waals surface area contributed by atoms with Crippen LogP contribution in [0.3, 0.4) is 0 Å². The summed E-state index contributed by atoms with van der Waals surface area (Å²) in [7, 11) is 1.63. The maximum atomic E-state index is 12.4. The zero-order valence-electron chi connectivity index (χ0n) is 18.1. The second-order valence-electron chi connectivity index (χ2n) is 7.29. The molecule has 30 heavy (non-hydrogen) atoms. The van der Waals surface area contributed by atoms with E-state index in [9.17, 15) is 4.79 Å². The smallest absolute Gasteiger partial charge is 0.251 e. The van der Waals surface area contributed by atoms with Gasteiger partial charge in [-0.2, -0.15) is 0 Å². The van der Waals surface area contributed by atoms with Gasteiger partial charge in [0.15, 0.2) is 11.5 Å². The minimum absolute atomic E-state index is 0.0553. The summed E-state index contributed by atoms with van der Waals surface area (Å²) in [6, 6.07) is 13.3. The molecule has 3 rings (SSSR count). The van der Waals surface area contributed by atoms with Crippen LogP contribution in [0.4, 0.5) is 0 Å². The number of hydrogen-bond donors (Lipinski definition) is 1. The van der Waals surface area contributed by atoms with Crippen LogP contribution >= 0.6 is 0 Å². The Balaban J connectivity index is 1.85. The Morgan fingerprint density at radius 2 is 1.83 bits per heavy atom. The number of imidazole rings is 1. The van der Waals surface area contributed by atoms with Crippen LogP contribution in [0.5, 0.6) is 11.5 Å². The monoisotopic (exact) mass is 409 g/mol. The van der Waals surface area contributed by atoms with E-state index in [1.807, 2.05) is 42.5 Å². The van der Waals surface area contributed by atoms with Gasteiger partial charge < -0.3 is 19.4 Å².